The van der Waals surface area contributed by atoms with Crippen molar-refractivity contribution >= 4 is 22.0 Å². The van der Waals surface area contributed by atoms with Crippen LogP contribution in [-0.4, -0.2) is 90.5 Å². The van der Waals surface area contributed by atoms with Crippen molar-refractivity contribution in [3.8, 4) is 0 Å². The average molecular weight is 413 g/mol. The number of hydrogen-bond acceptors (Lipinski definition) is 5. The summed E-state index contributed by atoms with van der Waals surface area (Å²) >= 11 is 0. The Kier molecular flexibility index (Phi) is 6.41. The topological polar surface area (TPSA) is 94.4 Å². The van der Waals surface area contributed by atoms with E-state index < -0.39 is 16.3 Å². The lowest BCUT2D eigenvalue weighted by atomic mass is 10.1. The van der Waals surface area contributed by atoms with Crippen LogP contribution in [0.1, 0.15) is 37.2 Å². The zero-order valence-electron chi connectivity index (χ0n) is 16.4. The molecule has 1 atom stereocenters. The lowest BCUT2D eigenvalue weighted by Crippen LogP contribution is -2.57. The van der Waals surface area contributed by atoms with Crippen LogP contribution in [0.2, 0.25) is 0 Å². The summed E-state index contributed by atoms with van der Waals surface area (Å²) in [7, 11) is -3.49. The number of furan rings is 1. The Labute approximate surface area is 166 Å². The van der Waals surface area contributed by atoms with E-state index in [4.69, 9.17) is 4.42 Å². The van der Waals surface area contributed by atoms with Gasteiger partial charge in [0.25, 0.3) is 16.1 Å². The van der Waals surface area contributed by atoms with E-state index in [1.807, 2.05) is 13.8 Å². The second kappa shape index (κ2) is 8.62. The maximum Gasteiger partial charge on any atom is 0.290 e. The molecule has 1 aromatic rings. The van der Waals surface area contributed by atoms with Gasteiger partial charge in [0, 0.05) is 45.8 Å². The van der Waals surface area contributed by atoms with E-state index >= 15 is 0 Å². The number of carbonyl (C=O) groups excluding carboxylic acids is 2. The molecule has 28 heavy (non-hydrogen) atoms. The first-order valence-corrected chi connectivity index (χ1v) is 11.2. The van der Waals surface area contributed by atoms with Crippen molar-refractivity contribution < 1.29 is 22.4 Å². The van der Waals surface area contributed by atoms with Gasteiger partial charge in [-0.3, -0.25) is 9.59 Å². The van der Waals surface area contributed by atoms with Gasteiger partial charge in [0.05, 0.1) is 6.26 Å². The molecule has 2 fully saturated rings. The third kappa shape index (κ3) is 3.94. The fourth-order valence-corrected chi connectivity index (χ4v) is 5.48. The molecule has 3 rings (SSSR count). The van der Waals surface area contributed by atoms with Crippen LogP contribution in [0.25, 0.3) is 0 Å². The number of piperazine rings is 1. The minimum absolute atomic E-state index is 0.114. The van der Waals surface area contributed by atoms with Gasteiger partial charge in [0.15, 0.2) is 5.76 Å². The van der Waals surface area contributed by atoms with Crippen molar-refractivity contribution in [3.63, 3.8) is 0 Å². The Hall–Kier alpha value is -1.91. The molecule has 2 aliphatic heterocycles. The van der Waals surface area contributed by atoms with Gasteiger partial charge in [-0.25, -0.2) is 0 Å². The number of rotatable bonds is 6. The Morgan fingerprint density at radius 2 is 1.82 bits per heavy atom. The summed E-state index contributed by atoms with van der Waals surface area (Å²) in [5.41, 5.74) is 0. The van der Waals surface area contributed by atoms with E-state index in [9.17, 15) is 18.0 Å². The van der Waals surface area contributed by atoms with Gasteiger partial charge in [0.1, 0.15) is 6.04 Å². The van der Waals surface area contributed by atoms with Gasteiger partial charge in [-0.1, -0.05) is 13.8 Å². The van der Waals surface area contributed by atoms with Crippen molar-refractivity contribution in [2.24, 2.45) is 0 Å². The fourth-order valence-electron chi connectivity index (χ4n) is 3.87. The van der Waals surface area contributed by atoms with Gasteiger partial charge >= 0.3 is 0 Å². The first-order valence-electron chi connectivity index (χ1n) is 9.78. The molecular weight excluding hydrogens is 384 g/mol. The maximum atomic E-state index is 13.0. The predicted octanol–water partition coefficient (Wildman–Crippen LogP) is 0.615. The summed E-state index contributed by atoms with van der Waals surface area (Å²) in [5, 5.41) is 0. The average Bonchev–Trinajstić information content (AvgIpc) is 3.40. The molecule has 9 nitrogen and oxygen atoms in total. The van der Waals surface area contributed by atoms with Gasteiger partial charge < -0.3 is 14.2 Å². The van der Waals surface area contributed by atoms with E-state index in [2.05, 4.69) is 0 Å². The molecule has 3 heterocycles. The van der Waals surface area contributed by atoms with E-state index in [1.54, 1.807) is 21.9 Å². The fraction of sp³-hybridized carbons (Fsp3) is 0.667. The highest BCUT2D eigenvalue weighted by molar-refractivity contribution is 7.86. The zero-order chi connectivity index (χ0) is 20.3. The van der Waals surface area contributed by atoms with Crippen LogP contribution in [0, 0.1) is 0 Å². The quantitative estimate of drug-likeness (QED) is 0.683. The lowest BCUT2D eigenvalue weighted by Gasteiger charge is -2.38. The largest absolute Gasteiger partial charge is 0.459 e. The number of carbonyl (C=O) groups is 2. The smallest absolute Gasteiger partial charge is 0.290 e. The Bertz CT molecular complexity index is 783. The summed E-state index contributed by atoms with van der Waals surface area (Å²) in [4.78, 5) is 28.9. The Balaban J connectivity index is 1.62. The molecule has 0 aliphatic carbocycles. The van der Waals surface area contributed by atoms with Gasteiger partial charge in [0.2, 0.25) is 5.91 Å². The molecule has 0 radical (unpaired) electrons. The molecule has 156 valence electrons. The third-order valence-corrected chi connectivity index (χ3v) is 7.63. The molecule has 0 N–H and O–H groups in total. The summed E-state index contributed by atoms with van der Waals surface area (Å²) in [6.07, 6.45) is 2.82. The summed E-state index contributed by atoms with van der Waals surface area (Å²) < 4.78 is 33.3. The van der Waals surface area contributed by atoms with Crippen molar-refractivity contribution in [1.82, 2.24) is 18.4 Å². The third-order valence-electron chi connectivity index (χ3n) is 5.44. The van der Waals surface area contributed by atoms with Crippen LogP contribution in [-0.2, 0) is 15.0 Å². The van der Waals surface area contributed by atoms with Crippen LogP contribution in [0.4, 0.5) is 0 Å². The molecule has 2 aliphatic rings. The molecule has 0 saturated carbocycles. The molecule has 0 spiro atoms. The van der Waals surface area contributed by atoms with Crippen molar-refractivity contribution in [2.45, 2.75) is 32.7 Å². The van der Waals surface area contributed by atoms with Gasteiger partial charge in [-0.2, -0.15) is 17.0 Å². The molecule has 1 aromatic heterocycles. The van der Waals surface area contributed by atoms with Crippen molar-refractivity contribution in [1.29, 1.82) is 0 Å². The zero-order valence-corrected chi connectivity index (χ0v) is 17.2. The second-order valence-corrected chi connectivity index (χ2v) is 8.88. The van der Waals surface area contributed by atoms with Crippen LogP contribution < -0.4 is 0 Å². The number of hydrogen-bond donors (Lipinski definition) is 0. The molecule has 10 heteroatoms. The lowest BCUT2D eigenvalue weighted by molar-refractivity contribution is -0.136. The number of nitrogens with zero attached hydrogens (tertiary/aromatic N) is 4. The second-order valence-electron chi connectivity index (χ2n) is 6.95. The first-order chi connectivity index (χ1) is 13.4. The summed E-state index contributed by atoms with van der Waals surface area (Å²) in [5.74, 6) is -0.157. The highest BCUT2D eigenvalue weighted by atomic mass is 32.2. The normalized spacial score (nSPS) is 21.5. The van der Waals surface area contributed by atoms with E-state index in [1.165, 1.54) is 14.9 Å². The highest BCUT2D eigenvalue weighted by Gasteiger charge is 2.39. The van der Waals surface area contributed by atoms with Crippen LogP contribution >= 0.6 is 0 Å². The minimum atomic E-state index is -3.49. The van der Waals surface area contributed by atoms with Crippen LogP contribution in [0.15, 0.2) is 22.8 Å². The minimum Gasteiger partial charge on any atom is -0.459 e. The number of amides is 2. The van der Waals surface area contributed by atoms with Gasteiger partial charge in [-0.05, 0) is 25.0 Å². The first kappa shape index (κ1) is 20.8. The van der Waals surface area contributed by atoms with Gasteiger partial charge in [-0.15, -0.1) is 0 Å². The molecule has 2 saturated heterocycles. The van der Waals surface area contributed by atoms with Crippen molar-refractivity contribution in [3.05, 3.63) is 24.2 Å². The standard InChI is InChI=1S/C18H28N4O5S/c1-3-20(4-2)28(25,26)21-12-10-19(11-13-21)17(23)15-7-5-9-22(15)18(24)16-8-6-14-27-16/h6,8,14-15H,3-5,7,9-13H2,1-2H3/t15-/m0/s1. The molecule has 0 bridgehead atoms. The van der Waals surface area contributed by atoms with E-state index in [0.717, 1.165) is 6.42 Å². The maximum absolute atomic E-state index is 13.0. The molecular formula is C18H28N4O5S. The SMILES string of the molecule is CCN(CC)S(=O)(=O)N1CCN(C(=O)[C@@H]2CCCN2C(=O)c2ccco2)CC1. The van der Waals surface area contributed by atoms with E-state index in [-0.39, 0.29) is 30.7 Å². The van der Waals surface area contributed by atoms with Crippen LogP contribution in [0.5, 0.6) is 0 Å². The molecule has 2 amide bonds. The molecule has 0 unspecified atom stereocenters. The van der Waals surface area contributed by atoms with Crippen LogP contribution in [0.3, 0.4) is 0 Å². The van der Waals surface area contributed by atoms with E-state index in [0.29, 0.717) is 39.1 Å². The number of likely N-dealkylation sites (tertiary alicyclic amines) is 1. The monoisotopic (exact) mass is 412 g/mol. The Morgan fingerprint density at radius 3 is 2.39 bits per heavy atom. The summed E-state index contributed by atoms with van der Waals surface area (Å²) in [6.45, 7) is 6.18. The highest BCUT2D eigenvalue weighted by Crippen LogP contribution is 2.23. The molecule has 0 aromatic carbocycles. The Morgan fingerprint density at radius 1 is 1.14 bits per heavy atom. The summed E-state index contributed by atoms with van der Waals surface area (Å²) in [6, 6.07) is 2.73. The van der Waals surface area contributed by atoms with Crippen molar-refractivity contribution in [2.75, 3.05) is 45.8 Å². The predicted molar refractivity (Wildman–Crippen MR) is 103 cm³/mol.